The molecule has 0 aliphatic heterocycles. The molecule has 1 aromatic carbocycles. The van der Waals surface area contributed by atoms with Gasteiger partial charge in [0.05, 0.1) is 11.4 Å². The topological polar surface area (TPSA) is 49.3 Å². The lowest BCUT2D eigenvalue weighted by atomic mass is 10.3. The van der Waals surface area contributed by atoms with E-state index in [4.69, 9.17) is 5.11 Å². The summed E-state index contributed by atoms with van der Waals surface area (Å²) in [7, 11) is 0. The van der Waals surface area contributed by atoms with Crippen LogP contribution in [0.1, 0.15) is 13.3 Å². The highest BCUT2D eigenvalue weighted by Crippen LogP contribution is 2.18. The van der Waals surface area contributed by atoms with Gasteiger partial charge in [0.2, 0.25) is 5.91 Å². The molecule has 1 atom stereocenters. The summed E-state index contributed by atoms with van der Waals surface area (Å²) < 4.78 is 1.03. The van der Waals surface area contributed by atoms with E-state index in [1.807, 2.05) is 31.2 Å². The Kier molecular flexibility index (Phi) is 6.91. The molecule has 0 radical (unpaired) electrons. The Morgan fingerprint density at radius 3 is 2.88 bits per heavy atom. The van der Waals surface area contributed by atoms with E-state index in [1.165, 1.54) is 0 Å². The van der Waals surface area contributed by atoms with Crippen LogP contribution >= 0.6 is 34.4 Å². The Morgan fingerprint density at radius 2 is 2.24 bits per heavy atom. The molecule has 1 rings (SSSR count). The number of amides is 1. The molecule has 3 nitrogen and oxygen atoms in total. The normalized spacial score (nSPS) is 12.2. The van der Waals surface area contributed by atoms with Crippen LogP contribution in [0.4, 0.5) is 5.69 Å². The minimum absolute atomic E-state index is 0.00362. The number of benzene rings is 1. The van der Waals surface area contributed by atoms with Gasteiger partial charge in [0.1, 0.15) is 0 Å². The van der Waals surface area contributed by atoms with E-state index in [0.717, 1.165) is 15.7 Å². The summed E-state index contributed by atoms with van der Waals surface area (Å²) in [6, 6.07) is 7.69. The van der Waals surface area contributed by atoms with Gasteiger partial charge in [-0.1, -0.05) is 19.1 Å². The third-order valence-corrected chi connectivity index (χ3v) is 4.36. The lowest BCUT2D eigenvalue weighted by Crippen LogP contribution is -2.16. The van der Waals surface area contributed by atoms with E-state index < -0.39 is 0 Å². The molecule has 0 saturated heterocycles. The number of hydrogen-bond acceptors (Lipinski definition) is 3. The molecule has 0 spiro atoms. The smallest absolute Gasteiger partial charge is 0.234 e. The molecule has 5 heteroatoms. The molecule has 2 N–H and O–H groups in total. The standard InChI is InChI=1S/C12H16INO2S/c1-9(6-7-15)17-8-12(16)14-11-5-3-2-4-10(11)13/h2-5,9,15H,6-8H2,1H3,(H,14,16). The Labute approximate surface area is 120 Å². The van der Waals surface area contributed by atoms with Crippen molar-refractivity contribution in [3.8, 4) is 0 Å². The number of carbonyl (C=O) groups is 1. The molecule has 0 aliphatic carbocycles. The van der Waals surface area contributed by atoms with Crippen LogP contribution in [-0.4, -0.2) is 28.6 Å². The van der Waals surface area contributed by atoms with E-state index in [9.17, 15) is 4.79 Å². The zero-order chi connectivity index (χ0) is 12.7. The van der Waals surface area contributed by atoms with Crippen LogP contribution in [0.2, 0.25) is 0 Å². The van der Waals surface area contributed by atoms with Crippen LogP contribution in [0.5, 0.6) is 0 Å². The Balaban J connectivity index is 2.37. The molecule has 0 saturated carbocycles. The molecule has 0 heterocycles. The van der Waals surface area contributed by atoms with Crippen LogP contribution < -0.4 is 5.32 Å². The molecule has 17 heavy (non-hydrogen) atoms. The van der Waals surface area contributed by atoms with Gasteiger partial charge in [0.15, 0.2) is 0 Å². The van der Waals surface area contributed by atoms with Crippen molar-refractivity contribution in [2.45, 2.75) is 18.6 Å². The lowest BCUT2D eigenvalue weighted by Gasteiger charge is -2.10. The predicted octanol–water partition coefficient (Wildman–Crippen LogP) is 2.73. The van der Waals surface area contributed by atoms with E-state index in [0.29, 0.717) is 11.0 Å². The highest BCUT2D eigenvalue weighted by Gasteiger charge is 2.08. The van der Waals surface area contributed by atoms with Gasteiger partial charge in [-0.05, 0) is 41.1 Å². The second-order valence-electron chi connectivity index (χ2n) is 3.66. The predicted molar refractivity (Wildman–Crippen MR) is 81.4 cm³/mol. The summed E-state index contributed by atoms with van der Waals surface area (Å²) in [6.07, 6.45) is 0.723. The number of nitrogens with one attached hydrogen (secondary N) is 1. The molecule has 94 valence electrons. The van der Waals surface area contributed by atoms with Crippen molar-refractivity contribution in [2.24, 2.45) is 0 Å². The average Bonchev–Trinajstić information content (AvgIpc) is 2.30. The highest BCUT2D eigenvalue weighted by atomic mass is 127. The van der Waals surface area contributed by atoms with Crippen molar-refractivity contribution in [2.75, 3.05) is 17.7 Å². The number of rotatable bonds is 6. The fourth-order valence-electron chi connectivity index (χ4n) is 1.23. The van der Waals surface area contributed by atoms with Crippen molar-refractivity contribution >= 4 is 45.9 Å². The Hall–Kier alpha value is -0.270. The maximum absolute atomic E-state index is 11.7. The molecular formula is C12H16INO2S. The molecule has 1 aromatic rings. The first-order chi connectivity index (χ1) is 8.13. The number of carbonyl (C=O) groups excluding carboxylic acids is 1. The van der Waals surface area contributed by atoms with E-state index >= 15 is 0 Å². The summed E-state index contributed by atoms with van der Waals surface area (Å²) in [5.41, 5.74) is 0.855. The van der Waals surface area contributed by atoms with Crippen LogP contribution in [0.25, 0.3) is 0 Å². The molecular weight excluding hydrogens is 349 g/mol. The maximum Gasteiger partial charge on any atom is 0.234 e. The first-order valence-corrected chi connectivity index (χ1v) is 7.53. The Bertz CT molecular complexity index is 373. The Morgan fingerprint density at radius 1 is 1.53 bits per heavy atom. The van der Waals surface area contributed by atoms with Gasteiger partial charge in [0.25, 0.3) is 0 Å². The third-order valence-electron chi connectivity index (χ3n) is 2.18. The van der Waals surface area contributed by atoms with E-state index in [1.54, 1.807) is 11.8 Å². The van der Waals surface area contributed by atoms with Gasteiger partial charge >= 0.3 is 0 Å². The maximum atomic E-state index is 11.7. The molecule has 0 aromatic heterocycles. The monoisotopic (exact) mass is 365 g/mol. The number of thioether (sulfide) groups is 1. The van der Waals surface area contributed by atoms with Crippen LogP contribution in [-0.2, 0) is 4.79 Å². The lowest BCUT2D eigenvalue weighted by molar-refractivity contribution is -0.113. The second-order valence-corrected chi connectivity index (χ2v) is 6.25. The van der Waals surface area contributed by atoms with Crippen molar-refractivity contribution in [1.82, 2.24) is 0 Å². The SMILES string of the molecule is CC(CCO)SCC(=O)Nc1ccccc1I. The minimum Gasteiger partial charge on any atom is -0.396 e. The largest absolute Gasteiger partial charge is 0.396 e. The zero-order valence-corrected chi connectivity index (χ0v) is 12.6. The van der Waals surface area contributed by atoms with Crippen molar-refractivity contribution in [3.05, 3.63) is 27.8 Å². The van der Waals surface area contributed by atoms with Crippen LogP contribution in [0.3, 0.4) is 0 Å². The number of hydrogen-bond donors (Lipinski definition) is 2. The van der Waals surface area contributed by atoms with Gasteiger partial charge in [-0.3, -0.25) is 4.79 Å². The summed E-state index contributed by atoms with van der Waals surface area (Å²) in [6.45, 7) is 2.19. The van der Waals surface area contributed by atoms with Gasteiger partial charge in [-0.15, -0.1) is 11.8 Å². The first kappa shape index (κ1) is 14.8. The fraction of sp³-hybridized carbons (Fsp3) is 0.417. The van der Waals surface area contributed by atoms with Crippen molar-refractivity contribution in [3.63, 3.8) is 0 Å². The number of aliphatic hydroxyl groups is 1. The van der Waals surface area contributed by atoms with Crippen LogP contribution in [0, 0.1) is 3.57 Å². The minimum atomic E-state index is 0.00362. The van der Waals surface area contributed by atoms with Crippen LogP contribution in [0.15, 0.2) is 24.3 Å². The second kappa shape index (κ2) is 7.94. The molecule has 1 unspecified atom stereocenters. The molecule has 0 bridgehead atoms. The van der Waals surface area contributed by atoms with E-state index in [2.05, 4.69) is 27.9 Å². The first-order valence-electron chi connectivity index (χ1n) is 5.40. The number of anilines is 1. The number of aliphatic hydroxyl groups excluding tert-OH is 1. The molecule has 0 fully saturated rings. The quantitative estimate of drug-likeness (QED) is 0.763. The fourth-order valence-corrected chi connectivity index (χ4v) is 2.53. The summed E-state index contributed by atoms with van der Waals surface area (Å²) in [5, 5.41) is 11.9. The third kappa shape index (κ3) is 5.74. The van der Waals surface area contributed by atoms with Gasteiger partial charge in [-0.2, -0.15) is 0 Å². The average molecular weight is 365 g/mol. The van der Waals surface area contributed by atoms with Gasteiger partial charge in [-0.25, -0.2) is 0 Å². The van der Waals surface area contributed by atoms with Gasteiger partial charge < -0.3 is 10.4 Å². The summed E-state index contributed by atoms with van der Waals surface area (Å²) in [5.74, 6) is 0.426. The summed E-state index contributed by atoms with van der Waals surface area (Å²) >= 11 is 3.75. The van der Waals surface area contributed by atoms with Crippen molar-refractivity contribution in [1.29, 1.82) is 0 Å². The molecule has 0 aliphatic rings. The highest BCUT2D eigenvalue weighted by molar-refractivity contribution is 14.1. The summed E-state index contributed by atoms with van der Waals surface area (Å²) in [4.78, 5) is 11.7. The van der Waals surface area contributed by atoms with Crippen molar-refractivity contribution < 1.29 is 9.90 Å². The number of halogens is 1. The van der Waals surface area contributed by atoms with E-state index in [-0.39, 0.29) is 12.5 Å². The number of para-hydroxylation sites is 1. The van der Waals surface area contributed by atoms with Gasteiger partial charge in [0, 0.05) is 15.4 Å². The molecule has 1 amide bonds. The zero-order valence-electron chi connectivity index (χ0n) is 9.65.